The maximum atomic E-state index is 14.3. The van der Waals surface area contributed by atoms with Crippen LogP contribution in [0.2, 0.25) is 0 Å². The van der Waals surface area contributed by atoms with Crippen molar-refractivity contribution in [1.82, 2.24) is 15.1 Å². The number of unbranched alkanes of at least 4 members (excludes halogenated alkanes) is 4. The molecule has 41 heavy (non-hydrogen) atoms. The normalized spacial score (nSPS) is 18.9. The highest BCUT2D eigenvalue weighted by atomic mass is 19.1. The number of imide groups is 1. The highest BCUT2D eigenvalue weighted by Gasteiger charge is 2.39. The predicted octanol–water partition coefficient (Wildman–Crippen LogP) is 3.58. The van der Waals surface area contributed by atoms with Crippen LogP contribution in [0.3, 0.4) is 0 Å². The molecule has 0 bridgehead atoms. The molecule has 3 aliphatic heterocycles. The van der Waals surface area contributed by atoms with Gasteiger partial charge in [-0.2, -0.15) is 5.26 Å². The first kappa shape index (κ1) is 28.3. The molecule has 0 saturated carbocycles. The van der Waals surface area contributed by atoms with Crippen molar-refractivity contribution in [2.45, 2.75) is 57.5 Å². The Labute approximate surface area is 240 Å². The topological polar surface area (TPSA) is 96.8 Å². The molecule has 3 aliphatic rings. The van der Waals surface area contributed by atoms with Crippen LogP contribution in [0.4, 0.5) is 10.1 Å². The Morgan fingerprint density at radius 2 is 1.80 bits per heavy atom. The number of amides is 3. The van der Waals surface area contributed by atoms with Crippen LogP contribution in [0.15, 0.2) is 36.4 Å². The number of nitriles is 1. The number of piperidine rings is 1. The first-order chi connectivity index (χ1) is 19.9. The Bertz CT molecular complexity index is 1430. The van der Waals surface area contributed by atoms with Gasteiger partial charge in [-0.05, 0) is 61.7 Å². The summed E-state index contributed by atoms with van der Waals surface area (Å²) in [5.74, 6) is 5.29. The van der Waals surface area contributed by atoms with Crippen LogP contribution in [-0.2, 0) is 16.1 Å². The van der Waals surface area contributed by atoms with Gasteiger partial charge in [-0.1, -0.05) is 30.7 Å². The number of fused-ring (bicyclic) bond motifs is 1. The third-order valence-electron chi connectivity index (χ3n) is 8.12. The molecular weight excluding hydrogens is 521 g/mol. The van der Waals surface area contributed by atoms with E-state index in [9.17, 15) is 18.8 Å². The standard InChI is InChI=1S/C32H34FN5O3/c33-27-20-23(21-34)11-12-28(27)37-18-16-36(17-19-37)15-6-4-2-1-3-5-8-24-9-7-10-25-26(24)22-38(32(25)41)29-13-14-30(39)35-31(29)40/h7,9-12,20,29H,1-4,6,13-19,22H2,(H,35,39,40). The van der Waals surface area contributed by atoms with E-state index in [-0.39, 0.29) is 24.1 Å². The maximum Gasteiger partial charge on any atom is 0.255 e. The van der Waals surface area contributed by atoms with Gasteiger partial charge in [0.2, 0.25) is 11.8 Å². The molecule has 9 heteroatoms. The molecule has 1 unspecified atom stereocenters. The number of hydrogen-bond donors (Lipinski definition) is 1. The number of rotatable bonds is 8. The third-order valence-corrected chi connectivity index (χ3v) is 8.12. The zero-order valence-electron chi connectivity index (χ0n) is 23.1. The zero-order chi connectivity index (χ0) is 28.8. The van der Waals surface area contributed by atoms with Crippen molar-refractivity contribution < 1.29 is 18.8 Å². The van der Waals surface area contributed by atoms with E-state index in [2.05, 4.69) is 27.0 Å². The molecule has 0 radical (unpaired) electrons. The minimum atomic E-state index is -0.622. The number of nitrogens with zero attached hydrogens (tertiary/aromatic N) is 4. The zero-order valence-corrected chi connectivity index (χ0v) is 23.1. The van der Waals surface area contributed by atoms with Crippen molar-refractivity contribution >= 4 is 23.4 Å². The molecule has 1 N–H and O–H groups in total. The quantitative estimate of drug-likeness (QED) is 0.304. The number of nitrogens with one attached hydrogen (secondary N) is 1. The summed E-state index contributed by atoms with van der Waals surface area (Å²) in [5, 5.41) is 11.3. The SMILES string of the molecule is N#Cc1ccc(N2CCN(CCCCCCC#Cc3cccc4c3CN(C3CCC(=O)NC3=O)C4=O)CC2)c(F)c1. The van der Waals surface area contributed by atoms with E-state index in [1.807, 2.05) is 18.2 Å². The second-order valence-electron chi connectivity index (χ2n) is 10.8. The number of carbonyl (C=O) groups is 3. The van der Waals surface area contributed by atoms with Gasteiger partial charge in [0.05, 0.1) is 17.3 Å². The van der Waals surface area contributed by atoms with E-state index in [4.69, 9.17) is 5.26 Å². The summed E-state index contributed by atoms with van der Waals surface area (Å²) >= 11 is 0. The van der Waals surface area contributed by atoms with Crippen LogP contribution in [-0.4, -0.2) is 66.3 Å². The summed E-state index contributed by atoms with van der Waals surface area (Å²) in [6.07, 6.45) is 5.71. The van der Waals surface area contributed by atoms with E-state index < -0.39 is 11.9 Å². The van der Waals surface area contributed by atoms with E-state index in [1.165, 1.54) is 6.07 Å². The Morgan fingerprint density at radius 3 is 2.56 bits per heavy atom. The van der Waals surface area contributed by atoms with Gasteiger partial charge in [-0.3, -0.25) is 24.6 Å². The molecule has 2 aromatic rings. The van der Waals surface area contributed by atoms with Crippen molar-refractivity contribution in [2.24, 2.45) is 0 Å². The molecule has 0 aliphatic carbocycles. The van der Waals surface area contributed by atoms with E-state index in [0.29, 0.717) is 29.8 Å². The second kappa shape index (κ2) is 13.0. The number of piperazine rings is 1. The molecule has 1 atom stereocenters. The maximum absolute atomic E-state index is 14.3. The van der Waals surface area contributed by atoms with Crippen molar-refractivity contribution in [3.05, 3.63) is 64.5 Å². The van der Waals surface area contributed by atoms with Gasteiger partial charge in [0.1, 0.15) is 11.9 Å². The lowest BCUT2D eigenvalue weighted by Crippen LogP contribution is -2.52. The number of halogens is 1. The molecule has 0 spiro atoms. The van der Waals surface area contributed by atoms with Gasteiger partial charge in [0.15, 0.2) is 0 Å². The van der Waals surface area contributed by atoms with Crippen molar-refractivity contribution in [3.63, 3.8) is 0 Å². The second-order valence-corrected chi connectivity index (χ2v) is 10.8. The van der Waals surface area contributed by atoms with E-state index in [0.717, 1.165) is 76.0 Å². The molecule has 2 saturated heterocycles. The van der Waals surface area contributed by atoms with Crippen LogP contribution >= 0.6 is 0 Å². The lowest BCUT2D eigenvalue weighted by molar-refractivity contribution is -0.136. The Kier molecular flexibility index (Phi) is 8.96. The van der Waals surface area contributed by atoms with Gasteiger partial charge in [-0.15, -0.1) is 0 Å². The van der Waals surface area contributed by atoms with Crippen molar-refractivity contribution in [2.75, 3.05) is 37.6 Å². The highest BCUT2D eigenvalue weighted by Crippen LogP contribution is 2.29. The first-order valence-electron chi connectivity index (χ1n) is 14.4. The van der Waals surface area contributed by atoms with Crippen LogP contribution in [0.1, 0.15) is 72.0 Å². The summed E-state index contributed by atoms with van der Waals surface area (Å²) < 4.78 is 14.3. The fourth-order valence-electron chi connectivity index (χ4n) is 5.81. The summed E-state index contributed by atoms with van der Waals surface area (Å²) in [5.41, 5.74) is 3.18. The van der Waals surface area contributed by atoms with Gasteiger partial charge >= 0.3 is 0 Å². The van der Waals surface area contributed by atoms with Gasteiger partial charge in [-0.25, -0.2) is 4.39 Å². The van der Waals surface area contributed by atoms with Crippen LogP contribution < -0.4 is 10.2 Å². The van der Waals surface area contributed by atoms with Gasteiger partial charge in [0.25, 0.3) is 5.91 Å². The molecule has 2 fully saturated rings. The smallest absolute Gasteiger partial charge is 0.255 e. The third kappa shape index (κ3) is 6.58. The lowest BCUT2D eigenvalue weighted by atomic mass is 10.0. The molecule has 3 heterocycles. The lowest BCUT2D eigenvalue weighted by Gasteiger charge is -2.36. The Hall–Kier alpha value is -4.21. The fourth-order valence-corrected chi connectivity index (χ4v) is 5.81. The molecule has 5 rings (SSSR count). The largest absolute Gasteiger partial charge is 0.367 e. The fraction of sp³-hybridized carbons (Fsp3) is 0.438. The first-order valence-corrected chi connectivity index (χ1v) is 14.4. The summed E-state index contributed by atoms with van der Waals surface area (Å²) in [6, 6.07) is 11.5. The molecule has 0 aromatic heterocycles. The number of carbonyl (C=O) groups excluding carboxylic acids is 3. The molecule has 3 amide bonds. The highest BCUT2D eigenvalue weighted by molar-refractivity contribution is 6.05. The minimum absolute atomic E-state index is 0.180. The van der Waals surface area contributed by atoms with Gasteiger partial charge in [0, 0.05) is 56.7 Å². The van der Waals surface area contributed by atoms with E-state index >= 15 is 0 Å². The Morgan fingerprint density at radius 1 is 1.00 bits per heavy atom. The number of anilines is 1. The summed E-state index contributed by atoms with van der Waals surface area (Å²) in [4.78, 5) is 42.8. The van der Waals surface area contributed by atoms with Crippen LogP contribution in [0.25, 0.3) is 0 Å². The Balaban J connectivity index is 1.01. The average molecular weight is 556 g/mol. The summed E-state index contributed by atoms with van der Waals surface area (Å²) in [7, 11) is 0. The number of hydrogen-bond acceptors (Lipinski definition) is 6. The molecule has 8 nitrogen and oxygen atoms in total. The minimum Gasteiger partial charge on any atom is -0.367 e. The van der Waals surface area contributed by atoms with E-state index in [1.54, 1.807) is 23.1 Å². The molecule has 2 aromatic carbocycles. The summed E-state index contributed by atoms with van der Waals surface area (Å²) in [6.45, 7) is 4.72. The molecule has 212 valence electrons. The predicted molar refractivity (Wildman–Crippen MR) is 152 cm³/mol. The van der Waals surface area contributed by atoms with Crippen molar-refractivity contribution in [3.8, 4) is 17.9 Å². The van der Waals surface area contributed by atoms with Crippen molar-refractivity contribution in [1.29, 1.82) is 5.26 Å². The monoisotopic (exact) mass is 555 g/mol. The van der Waals surface area contributed by atoms with Gasteiger partial charge < -0.3 is 9.80 Å². The van der Waals surface area contributed by atoms with Crippen LogP contribution in [0.5, 0.6) is 0 Å². The molecular formula is C32H34FN5O3. The average Bonchev–Trinajstić information content (AvgIpc) is 3.31. The van der Waals surface area contributed by atoms with Crippen LogP contribution in [0, 0.1) is 29.0 Å². The number of benzene rings is 2.